The van der Waals surface area contributed by atoms with Crippen LogP contribution < -0.4 is 31.4 Å². The van der Waals surface area contributed by atoms with Crippen molar-refractivity contribution < 1.29 is 189 Å². The van der Waals surface area contributed by atoms with E-state index in [1.165, 1.54) is 0 Å². The topological polar surface area (TPSA) is 164 Å². The van der Waals surface area contributed by atoms with Crippen LogP contribution >= 0.6 is 0 Å². The van der Waals surface area contributed by atoms with Gasteiger partial charge in [-0.1, -0.05) is 24.3 Å². The minimum absolute atomic E-state index is 0. The van der Waals surface area contributed by atoms with E-state index in [1.54, 1.807) is 0 Å². The molecule has 0 saturated heterocycles. The zero-order valence-corrected chi connectivity index (χ0v) is 55.6. The van der Waals surface area contributed by atoms with E-state index in [0.29, 0.717) is 72.8 Å². The number of hydrogen-bond acceptors (Lipinski definition) is 2. The molecule has 10 aromatic rings. The minimum atomic E-state index is -2.93. The van der Waals surface area contributed by atoms with Crippen molar-refractivity contribution in [2.75, 3.05) is 0 Å². The Balaban J connectivity index is 0.00000169. The number of allylic oxidation sites excluding steroid dienone is 4. The Labute approximate surface area is 624 Å². The molecule has 2 radical (unpaired) electrons. The summed E-state index contributed by atoms with van der Waals surface area (Å²) in [5.41, 5.74) is -33.5. The number of H-pyrrole nitrogens is 2. The number of halogens is 30. The Bertz CT molecular complexity index is 5710. The number of aromatic nitrogens is 4. The first-order valence-corrected chi connectivity index (χ1v) is 28.2. The number of fused-ring (bicyclic) bond motifs is 10. The van der Waals surface area contributed by atoms with Gasteiger partial charge in [0, 0.05) is 72.9 Å². The molecular weight excluding hydrogens is 1760 g/mol. The molecule has 0 saturated carbocycles. The monoisotopic (exact) mass is 1780 g/mol. The summed E-state index contributed by atoms with van der Waals surface area (Å²) in [6.45, 7) is 18.0. The second kappa shape index (κ2) is 33.9. The molecule has 0 aliphatic carbocycles. The van der Waals surface area contributed by atoms with Gasteiger partial charge in [0.15, 0.2) is 140 Å². The summed E-state index contributed by atoms with van der Waals surface area (Å²) in [5, 5.41) is -5.50. The first-order valence-electron chi connectivity index (χ1n) is 28.2. The molecule has 0 fully saturated rings. The molecule has 7 heterocycles. The molecule has 4 aromatic heterocycles. The summed E-state index contributed by atoms with van der Waals surface area (Å²) in [5.74, 6) is -86.2. The first kappa shape index (κ1) is 87.6. The maximum Gasteiger partial charge on any atom is 0 e. The van der Waals surface area contributed by atoms with Crippen LogP contribution in [0.25, 0.3) is 33.4 Å². The van der Waals surface area contributed by atoms with Gasteiger partial charge in [-0.25, -0.2) is 142 Å². The Morgan fingerprint density at radius 2 is 0.357 bits per heavy atom. The number of hydrogen-bond donors (Lipinski definition) is 2. The van der Waals surface area contributed by atoms with Crippen LogP contribution in [-0.4, -0.2) is 21.4 Å². The molecular formula is C70H14F30N6O4Rh2-2. The smallest absolute Gasteiger partial charge is 0 e. The van der Waals surface area contributed by atoms with Gasteiger partial charge >= 0.3 is 45.2 Å². The summed E-state index contributed by atoms with van der Waals surface area (Å²) in [4.78, 5) is 19.7. The van der Waals surface area contributed by atoms with Crippen LogP contribution in [0.2, 0.25) is 0 Å². The summed E-state index contributed by atoms with van der Waals surface area (Å²) >= 11 is 0. The van der Waals surface area contributed by atoms with Crippen molar-refractivity contribution >= 4 is 44.9 Å². The largest absolute Gasteiger partial charge is 0 e. The van der Waals surface area contributed by atoms with Crippen LogP contribution in [0.5, 0.6) is 0 Å². The van der Waals surface area contributed by atoms with Crippen LogP contribution in [0, 0.1) is 201 Å². The third-order valence-corrected chi connectivity index (χ3v) is 15.8. The van der Waals surface area contributed by atoms with Crippen molar-refractivity contribution in [2.45, 2.75) is 0 Å². The van der Waals surface area contributed by atoms with Crippen LogP contribution in [-0.2, 0) is 57.6 Å². The molecule has 3 aliphatic rings. The molecule has 42 heteroatoms. The molecule has 13 rings (SSSR count). The second-order valence-electron chi connectivity index (χ2n) is 21.4. The maximum atomic E-state index is 16.4. The Hall–Kier alpha value is -11.7. The number of nitrogens with zero attached hydrogens (tertiary/aromatic N) is 4. The van der Waals surface area contributed by atoms with Gasteiger partial charge in [0.25, 0.3) is 0 Å². The first-order chi connectivity index (χ1) is 52.1. The molecule has 12 bridgehead atoms. The SMILES string of the molecule is Fc1c(F)c(F)c(C2=C3C=CC(=N3)C(c3c(F)c(F)c(F)c(F)c3F)=c3ccc([n-]3)=C(c3c(F)c(F)c(F)c(F)c3F)c3ccc([nH]3)C(c3c(F)c(F)c(F)c(F)c3F)=C3C=CC(=N3)C(c3c(F)c(F)c(F)c(F)c3F)=c3ccc([n-]3)=C(c3c(F)c(F)c(F)c(F)c3F)c3ccc2[nH]3)c(F)c1F.[C-]#[O+].[C-]#[O+].[C-]#[O+].[C-]#[O+].[Rh].[Rh]. The summed E-state index contributed by atoms with van der Waals surface area (Å²) in [6.07, 6.45) is 1.40. The number of aliphatic imine (C=N–C) groups is 2. The van der Waals surface area contributed by atoms with Crippen molar-refractivity contribution in [3.63, 3.8) is 0 Å². The van der Waals surface area contributed by atoms with E-state index < -0.39 is 308 Å². The van der Waals surface area contributed by atoms with E-state index >= 15 is 105 Å². The van der Waals surface area contributed by atoms with Gasteiger partial charge in [-0.15, -0.1) is 21.4 Å². The molecule has 2 N–H and O–H groups in total. The van der Waals surface area contributed by atoms with Crippen molar-refractivity contribution in [3.05, 3.63) is 363 Å². The number of nitrogens with one attached hydrogen (secondary N) is 2. The van der Waals surface area contributed by atoms with Crippen molar-refractivity contribution in [2.24, 2.45) is 9.98 Å². The van der Waals surface area contributed by atoms with Crippen molar-refractivity contribution in [3.8, 4) is 0 Å². The molecule has 112 heavy (non-hydrogen) atoms. The van der Waals surface area contributed by atoms with Gasteiger partial charge in [-0.05, 0) is 70.9 Å². The molecule has 0 atom stereocenters. The van der Waals surface area contributed by atoms with Crippen molar-refractivity contribution in [1.29, 1.82) is 0 Å². The number of benzene rings is 6. The van der Waals surface area contributed by atoms with Crippen LogP contribution in [0.1, 0.15) is 56.2 Å². The third kappa shape index (κ3) is 14.0. The van der Waals surface area contributed by atoms with E-state index in [9.17, 15) is 26.3 Å². The van der Waals surface area contributed by atoms with Gasteiger partial charge in [0.2, 0.25) is 34.9 Å². The van der Waals surface area contributed by atoms with Gasteiger partial charge < -0.3 is 19.9 Å². The predicted octanol–water partition coefficient (Wildman–Crippen LogP) is 14.4. The summed E-state index contributed by atoms with van der Waals surface area (Å²) < 4.78 is 502. The standard InChI is InChI=1S/C66H14F30N6.4CO.2Rh/c67-37-31(38(68)50(80)61(91)49(37)79)25-13-1-2-14(97-13)26(32-39(69)51(81)62(92)52(82)40(32)70)16-5-6-18(99-16)28(34-43(73)55(85)64(94)56(86)44(34)74)20-9-10-22(101-20)30(36-47(77)59(89)66(96)60(90)48(36)78)24-12-11-23(102-24)29(35-45(75)57(87)65(95)58(88)46(35)76)21-8-7-19(100-21)27(17-4-3-15(25)98-17)33-41(71)53(83)63(93)54(84)42(33)72;4*1-2;;/h1-12,97,102H;;;;;;/q-2;;;;;;. The predicted molar refractivity (Wildman–Crippen MR) is 306 cm³/mol. The quantitative estimate of drug-likeness (QED) is 0.0423. The van der Waals surface area contributed by atoms with Gasteiger partial charge in [-0.2, -0.15) is 0 Å². The number of aromatic amines is 2. The molecule has 3 aliphatic heterocycles. The Morgan fingerprint density at radius 3 is 0.554 bits per heavy atom. The van der Waals surface area contributed by atoms with Crippen LogP contribution in [0.15, 0.2) is 94.2 Å². The van der Waals surface area contributed by atoms with E-state index in [1.807, 2.05) is 0 Å². The van der Waals surface area contributed by atoms with E-state index in [-0.39, 0.29) is 39.0 Å². The molecule has 6 aromatic carbocycles. The second-order valence-corrected chi connectivity index (χ2v) is 21.4. The molecule has 0 unspecified atom stereocenters. The van der Waals surface area contributed by atoms with Gasteiger partial charge in [-0.3, -0.25) is 0 Å². The minimum Gasteiger partial charge on any atom is 0 e. The molecule has 10 nitrogen and oxygen atoms in total. The molecule has 578 valence electrons. The normalized spacial score (nSPS) is 12.9. The zero-order chi connectivity index (χ0) is 81.9. The fourth-order valence-electron chi connectivity index (χ4n) is 11.3. The fourth-order valence-corrected chi connectivity index (χ4v) is 11.3. The molecule has 0 amide bonds. The van der Waals surface area contributed by atoms with Gasteiger partial charge in [0.05, 0.1) is 56.2 Å². The van der Waals surface area contributed by atoms with Crippen LogP contribution in [0.3, 0.4) is 0 Å². The van der Waals surface area contributed by atoms with Crippen molar-refractivity contribution in [1.82, 2.24) is 19.9 Å². The Kier molecular flexibility index (Phi) is 26.5. The Morgan fingerprint density at radius 1 is 0.205 bits per heavy atom. The fraction of sp³-hybridized carbons (Fsp3) is 0. The van der Waals surface area contributed by atoms with E-state index in [2.05, 4.69) is 56.5 Å². The zero-order valence-electron chi connectivity index (χ0n) is 52.4. The summed E-state index contributed by atoms with van der Waals surface area (Å²) in [7, 11) is 0. The summed E-state index contributed by atoms with van der Waals surface area (Å²) in [6, 6.07) is 2.94. The van der Waals surface area contributed by atoms with E-state index in [4.69, 9.17) is 18.6 Å². The maximum absolute atomic E-state index is 16.4. The average Bonchev–Trinajstić information content (AvgIpc) is 1.56. The van der Waals surface area contributed by atoms with Crippen LogP contribution in [0.4, 0.5) is 132 Å². The average molecular weight is 1780 g/mol. The number of rotatable bonds is 6. The van der Waals surface area contributed by atoms with E-state index in [0.717, 1.165) is 0 Å². The molecule has 0 spiro atoms. The van der Waals surface area contributed by atoms with Gasteiger partial charge in [0.1, 0.15) is 0 Å². The third-order valence-electron chi connectivity index (χ3n) is 15.8.